The summed E-state index contributed by atoms with van der Waals surface area (Å²) in [5.74, 6) is -0.225. The SMILES string of the molecule is CN(CC(=O)N1CCCCC1C1OCCO1)S(=O)(=O)c1ccc(Br)cc1. The molecule has 2 aliphatic rings. The van der Waals surface area contributed by atoms with E-state index in [1.807, 2.05) is 0 Å². The zero-order valence-corrected chi connectivity index (χ0v) is 17.0. The number of halogens is 1. The number of carbonyl (C=O) groups excluding carboxylic acids is 1. The largest absolute Gasteiger partial charge is 0.348 e. The van der Waals surface area contributed by atoms with Crippen molar-refractivity contribution in [3.63, 3.8) is 0 Å². The Morgan fingerprint density at radius 1 is 1.23 bits per heavy atom. The third-order valence-electron chi connectivity index (χ3n) is 4.71. The zero-order valence-electron chi connectivity index (χ0n) is 14.6. The minimum absolute atomic E-state index is 0.150. The molecule has 2 saturated heterocycles. The number of amides is 1. The van der Waals surface area contributed by atoms with E-state index in [0.717, 1.165) is 28.0 Å². The maximum atomic E-state index is 12.8. The molecule has 1 aromatic rings. The van der Waals surface area contributed by atoms with E-state index in [9.17, 15) is 13.2 Å². The Hall–Kier alpha value is -1.00. The van der Waals surface area contributed by atoms with E-state index in [2.05, 4.69) is 15.9 Å². The highest BCUT2D eigenvalue weighted by Gasteiger charge is 2.37. The van der Waals surface area contributed by atoms with Crippen LogP contribution in [0.5, 0.6) is 0 Å². The molecule has 0 aliphatic carbocycles. The fourth-order valence-corrected chi connectivity index (χ4v) is 4.69. The molecular weight excluding hydrogens is 424 g/mol. The highest BCUT2D eigenvalue weighted by atomic mass is 79.9. The number of benzene rings is 1. The van der Waals surface area contributed by atoms with Crippen LogP contribution in [0, 0.1) is 0 Å². The van der Waals surface area contributed by atoms with Gasteiger partial charge in [-0.2, -0.15) is 4.31 Å². The van der Waals surface area contributed by atoms with Gasteiger partial charge in [-0.15, -0.1) is 0 Å². The van der Waals surface area contributed by atoms with Crippen molar-refractivity contribution in [2.24, 2.45) is 0 Å². The van der Waals surface area contributed by atoms with Crippen LogP contribution in [0.15, 0.2) is 33.6 Å². The Bertz CT molecular complexity index is 734. The van der Waals surface area contributed by atoms with E-state index < -0.39 is 16.3 Å². The predicted molar refractivity (Wildman–Crippen MR) is 99.0 cm³/mol. The second-order valence-electron chi connectivity index (χ2n) is 6.48. The Morgan fingerprint density at radius 3 is 2.54 bits per heavy atom. The van der Waals surface area contributed by atoms with E-state index in [1.54, 1.807) is 17.0 Å². The minimum atomic E-state index is -3.72. The smallest absolute Gasteiger partial charge is 0.243 e. The van der Waals surface area contributed by atoms with Gasteiger partial charge in [0.25, 0.3) is 0 Å². The van der Waals surface area contributed by atoms with Crippen LogP contribution in [0.2, 0.25) is 0 Å². The molecule has 3 rings (SSSR count). The lowest BCUT2D eigenvalue weighted by atomic mass is 10.0. The molecule has 2 fully saturated rings. The first-order chi connectivity index (χ1) is 12.4. The molecule has 2 aliphatic heterocycles. The summed E-state index contributed by atoms with van der Waals surface area (Å²) in [6.45, 7) is 1.45. The normalized spacial score (nSPS) is 22.1. The first kappa shape index (κ1) is 19.8. The maximum Gasteiger partial charge on any atom is 0.243 e. The second kappa shape index (κ2) is 8.35. The standard InChI is InChI=1S/C17H23BrN2O5S/c1-19(26(22,23)14-7-5-13(18)6-8-14)12-16(21)20-9-3-2-4-15(20)17-24-10-11-25-17/h5-8,15,17H,2-4,9-12H2,1H3. The highest BCUT2D eigenvalue weighted by molar-refractivity contribution is 9.10. The Balaban J connectivity index is 1.70. The van der Waals surface area contributed by atoms with E-state index in [-0.39, 0.29) is 23.4 Å². The van der Waals surface area contributed by atoms with Crippen molar-refractivity contribution in [1.82, 2.24) is 9.21 Å². The molecule has 1 unspecified atom stereocenters. The van der Waals surface area contributed by atoms with Gasteiger partial charge in [0.15, 0.2) is 6.29 Å². The number of rotatable bonds is 5. The number of nitrogens with zero attached hydrogens (tertiary/aromatic N) is 2. The molecule has 0 N–H and O–H groups in total. The predicted octanol–water partition coefficient (Wildman–Crippen LogP) is 1.82. The third kappa shape index (κ3) is 4.28. The van der Waals surface area contributed by atoms with E-state index in [1.165, 1.54) is 19.2 Å². The molecule has 0 saturated carbocycles. The average molecular weight is 447 g/mol. The monoisotopic (exact) mass is 446 g/mol. The number of ether oxygens (including phenoxy) is 2. The molecular formula is C17H23BrN2O5S. The molecule has 0 bridgehead atoms. The summed E-state index contributed by atoms with van der Waals surface area (Å²) < 4.78 is 38.4. The number of likely N-dealkylation sites (tertiary alicyclic amines) is 1. The summed E-state index contributed by atoms with van der Waals surface area (Å²) in [5.41, 5.74) is 0. The van der Waals surface area contributed by atoms with Gasteiger partial charge in [-0.1, -0.05) is 15.9 Å². The number of piperidine rings is 1. The van der Waals surface area contributed by atoms with Crippen LogP contribution >= 0.6 is 15.9 Å². The molecule has 9 heteroatoms. The van der Waals surface area contributed by atoms with Crippen molar-refractivity contribution in [2.45, 2.75) is 36.5 Å². The fraction of sp³-hybridized carbons (Fsp3) is 0.588. The quantitative estimate of drug-likeness (QED) is 0.689. The summed E-state index contributed by atoms with van der Waals surface area (Å²) in [5, 5.41) is 0. The first-order valence-electron chi connectivity index (χ1n) is 8.64. The van der Waals surface area contributed by atoms with Gasteiger partial charge in [-0.3, -0.25) is 4.79 Å². The molecule has 0 radical (unpaired) electrons. The first-order valence-corrected chi connectivity index (χ1v) is 10.9. The number of likely N-dealkylation sites (N-methyl/N-ethyl adjacent to an activating group) is 1. The van der Waals surface area contributed by atoms with Crippen molar-refractivity contribution in [1.29, 1.82) is 0 Å². The number of hydrogen-bond donors (Lipinski definition) is 0. The van der Waals surface area contributed by atoms with Crippen LogP contribution in [0.1, 0.15) is 19.3 Å². The minimum Gasteiger partial charge on any atom is -0.348 e. The summed E-state index contributed by atoms with van der Waals surface area (Å²) >= 11 is 3.29. The molecule has 26 heavy (non-hydrogen) atoms. The second-order valence-corrected chi connectivity index (χ2v) is 9.44. The van der Waals surface area contributed by atoms with Gasteiger partial charge in [-0.25, -0.2) is 8.42 Å². The number of hydrogen-bond acceptors (Lipinski definition) is 5. The Labute approximate surface area is 162 Å². The van der Waals surface area contributed by atoms with Crippen molar-refractivity contribution in [3.8, 4) is 0 Å². The Kier molecular flexibility index (Phi) is 6.34. The molecule has 0 aromatic heterocycles. The van der Waals surface area contributed by atoms with Gasteiger partial charge >= 0.3 is 0 Å². The van der Waals surface area contributed by atoms with Gasteiger partial charge in [0.1, 0.15) is 0 Å². The molecule has 7 nitrogen and oxygen atoms in total. The van der Waals surface area contributed by atoms with Crippen LogP contribution in [0.3, 0.4) is 0 Å². The van der Waals surface area contributed by atoms with E-state index in [4.69, 9.17) is 9.47 Å². The van der Waals surface area contributed by atoms with Gasteiger partial charge in [0.05, 0.1) is 30.7 Å². The zero-order chi connectivity index (χ0) is 18.7. The van der Waals surface area contributed by atoms with Crippen molar-refractivity contribution < 1.29 is 22.7 Å². The Morgan fingerprint density at radius 2 is 1.88 bits per heavy atom. The van der Waals surface area contributed by atoms with Crippen molar-refractivity contribution in [3.05, 3.63) is 28.7 Å². The molecule has 2 heterocycles. The maximum absolute atomic E-state index is 12.8. The highest BCUT2D eigenvalue weighted by Crippen LogP contribution is 2.25. The van der Waals surface area contributed by atoms with Crippen LogP contribution < -0.4 is 0 Å². The number of sulfonamides is 1. The lowest BCUT2D eigenvalue weighted by molar-refractivity contribution is -0.150. The van der Waals surface area contributed by atoms with Crippen molar-refractivity contribution in [2.75, 3.05) is 33.4 Å². The van der Waals surface area contributed by atoms with E-state index in [0.29, 0.717) is 19.8 Å². The molecule has 1 amide bonds. The summed E-state index contributed by atoms with van der Waals surface area (Å²) in [6.07, 6.45) is 2.30. The summed E-state index contributed by atoms with van der Waals surface area (Å²) in [7, 11) is -2.30. The lowest BCUT2D eigenvalue weighted by Crippen LogP contribution is -2.53. The summed E-state index contributed by atoms with van der Waals surface area (Å²) in [6, 6.07) is 6.22. The van der Waals surface area contributed by atoms with Crippen LogP contribution in [-0.2, 0) is 24.3 Å². The molecule has 144 valence electrons. The van der Waals surface area contributed by atoms with Gasteiger partial charge in [0.2, 0.25) is 15.9 Å². The number of carbonyl (C=O) groups is 1. The van der Waals surface area contributed by atoms with Gasteiger partial charge < -0.3 is 14.4 Å². The lowest BCUT2D eigenvalue weighted by Gasteiger charge is -2.38. The van der Waals surface area contributed by atoms with Crippen LogP contribution in [0.4, 0.5) is 0 Å². The van der Waals surface area contributed by atoms with Gasteiger partial charge in [0, 0.05) is 18.1 Å². The van der Waals surface area contributed by atoms with Crippen molar-refractivity contribution >= 4 is 31.9 Å². The molecule has 1 atom stereocenters. The molecule has 0 spiro atoms. The van der Waals surface area contributed by atoms with E-state index >= 15 is 0 Å². The molecule has 1 aromatic carbocycles. The summed E-state index contributed by atoms with van der Waals surface area (Å²) in [4.78, 5) is 14.7. The van der Waals surface area contributed by atoms with Gasteiger partial charge in [-0.05, 0) is 43.5 Å². The third-order valence-corrected chi connectivity index (χ3v) is 7.06. The fourth-order valence-electron chi connectivity index (χ4n) is 3.30. The van der Waals surface area contributed by atoms with Crippen LogP contribution in [-0.4, -0.2) is 69.2 Å². The topological polar surface area (TPSA) is 76.2 Å². The average Bonchev–Trinajstić information content (AvgIpc) is 3.16. The van der Waals surface area contributed by atoms with Crippen LogP contribution in [0.25, 0.3) is 0 Å².